The Hall–Kier alpha value is -6.48. The molecular weight excluding hydrogens is 1020 g/mol. The first-order valence-electron chi connectivity index (χ1n) is 27.8. The Morgan fingerprint density at radius 2 is 1.01 bits per heavy atom. The number of methoxy groups -OCH3 is 4. The number of carbonyl (C=O) groups excluding carboxylic acids is 6. The van der Waals surface area contributed by atoms with E-state index in [-0.39, 0.29) is 91.7 Å². The van der Waals surface area contributed by atoms with Gasteiger partial charge < -0.3 is 68.9 Å². The van der Waals surface area contributed by atoms with Gasteiger partial charge in [0.25, 0.3) is 0 Å². The Kier molecular flexibility index (Phi) is 25.0. The minimum Gasteiger partial charge on any atom is -0.508 e. The van der Waals surface area contributed by atoms with Crippen LogP contribution in [0.1, 0.15) is 107 Å². The predicted molar refractivity (Wildman–Crippen MR) is 290 cm³/mol. The van der Waals surface area contributed by atoms with Crippen LogP contribution < -0.4 is 20.1 Å². The van der Waals surface area contributed by atoms with Gasteiger partial charge in [0.15, 0.2) is 0 Å². The van der Waals surface area contributed by atoms with Crippen LogP contribution in [-0.2, 0) is 71.9 Å². The highest BCUT2D eigenvalue weighted by Crippen LogP contribution is 2.33. The first-order chi connectivity index (χ1) is 38.2. The van der Waals surface area contributed by atoms with Crippen LogP contribution in [0.15, 0.2) is 66.7 Å². The molecule has 4 aliphatic rings. The van der Waals surface area contributed by atoms with Crippen molar-refractivity contribution in [2.24, 2.45) is 11.8 Å². The zero-order valence-electron chi connectivity index (χ0n) is 46.3. The van der Waals surface area contributed by atoms with Crippen molar-refractivity contribution < 1.29 is 77.2 Å². The lowest BCUT2D eigenvalue weighted by Crippen LogP contribution is -2.55. The van der Waals surface area contributed by atoms with Gasteiger partial charge in [-0.2, -0.15) is 0 Å². The van der Waals surface area contributed by atoms with E-state index in [1.54, 1.807) is 12.1 Å². The molecule has 0 radical (unpaired) electrons. The summed E-state index contributed by atoms with van der Waals surface area (Å²) >= 11 is 0. The molecule has 4 amide bonds. The second-order valence-electron chi connectivity index (χ2n) is 20.8. The number of aromatic hydroxyl groups is 2. The summed E-state index contributed by atoms with van der Waals surface area (Å²) in [6.45, 7) is 2.28. The lowest BCUT2D eigenvalue weighted by atomic mass is 9.83. The normalized spacial score (nSPS) is 20.3. The molecule has 20 nitrogen and oxygen atoms in total. The molecule has 20 heteroatoms. The number of hydrogen-bond donors (Lipinski definition) is 5. The molecule has 2 saturated heterocycles. The number of nitrogens with zero attached hydrogens (tertiary/aromatic N) is 2. The van der Waals surface area contributed by atoms with Gasteiger partial charge >= 0.3 is 11.9 Å². The van der Waals surface area contributed by atoms with Crippen molar-refractivity contribution in [1.82, 2.24) is 20.4 Å². The Morgan fingerprint density at radius 3 is 1.43 bits per heavy atom. The van der Waals surface area contributed by atoms with Crippen molar-refractivity contribution in [1.29, 1.82) is 0 Å². The number of carbonyl (C=O) groups is 6. The number of phenols is 2. The van der Waals surface area contributed by atoms with Crippen LogP contribution >= 0.6 is 0 Å². The van der Waals surface area contributed by atoms with Crippen molar-refractivity contribution in [3.63, 3.8) is 0 Å². The van der Waals surface area contributed by atoms with Crippen LogP contribution in [0.5, 0.6) is 23.0 Å². The standard InChI is InChI=1S/C33H44N2O8.C26H38N2O8/c1-40-27-17-24(16-26(36)19-27)18-30(37)34-31(25-12-7-4-8-13-25)32(38)35-21-28(20-29(35)33(39)41-2)43-15-9-14-42-22-23-10-5-3-6-11-23;1-34-20-12-17(11-19(30)14-20)13-23(31)27-24(18-7-4-3-5-8-18)25(32)28-16-21(36-10-6-9-29)15-22(28)26(33)35-2/h3,5-6,10-11,16-17,19,25,28-29,31,36H,4,7-9,12-15,18,20-22H2,1-2H3,(H,34,37);11-12,14,18,21-22,24,29-30H,3-10,13,15-16H2,1-2H3,(H,27,31)/t28-,29+,31+;21-,22+,24+/m11/s1. The van der Waals surface area contributed by atoms with Gasteiger partial charge in [-0.15, -0.1) is 0 Å². The third-order valence-corrected chi connectivity index (χ3v) is 15.1. The fraction of sp³-hybridized carbons (Fsp3) is 0.593. The predicted octanol–water partition coefficient (Wildman–Crippen LogP) is 5.32. The fourth-order valence-corrected chi connectivity index (χ4v) is 11.1. The first kappa shape index (κ1) is 61.7. The van der Waals surface area contributed by atoms with E-state index < -0.39 is 36.1 Å². The Balaban J connectivity index is 0.000000259. The van der Waals surface area contributed by atoms with Gasteiger partial charge in [0.1, 0.15) is 47.2 Å². The maximum atomic E-state index is 14.1. The molecule has 3 aromatic carbocycles. The lowest BCUT2D eigenvalue weighted by molar-refractivity contribution is -0.152. The van der Waals surface area contributed by atoms with Gasteiger partial charge in [-0.25, -0.2) is 9.59 Å². The molecule has 3 aromatic rings. The summed E-state index contributed by atoms with van der Waals surface area (Å²) in [7, 11) is 5.56. The minimum absolute atomic E-state index is 0.00333. The van der Waals surface area contributed by atoms with Crippen LogP contribution in [0.3, 0.4) is 0 Å². The van der Waals surface area contributed by atoms with Crippen molar-refractivity contribution in [2.75, 3.05) is 68.0 Å². The molecule has 0 bridgehead atoms. The third-order valence-electron chi connectivity index (χ3n) is 15.1. The topological polar surface area (TPSA) is 258 Å². The molecule has 5 N–H and O–H groups in total. The van der Waals surface area contributed by atoms with Crippen LogP contribution in [0.25, 0.3) is 0 Å². The second kappa shape index (κ2) is 31.9. The molecule has 2 aliphatic carbocycles. The van der Waals surface area contributed by atoms with Gasteiger partial charge in [0.05, 0.1) is 60.1 Å². The highest BCUT2D eigenvalue weighted by atomic mass is 16.5. The van der Waals surface area contributed by atoms with Gasteiger partial charge in [-0.3, -0.25) is 19.2 Å². The summed E-state index contributed by atoms with van der Waals surface area (Å²) in [6.07, 6.45) is 10.4. The monoisotopic (exact) mass is 1100 g/mol. The average molecular weight is 1100 g/mol. The largest absolute Gasteiger partial charge is 0.508 e. The number of esters is 2. The first-order valence-corrected chi connectivity index (χ1v) is 27.8. The van der Waals surface area contributed by atoms with E-state index >= 15 is 0 Å². The number of ether oxygens (including phenoxy) is 7. The maximum absolute atomic E-state index is 14.1. The average Bonchev–Trinajstić information content (AvgIpc) is 4.13. The van der Waals surface area contributed by atoms with E-state index in [1.807, 2.05) is 30.3 Å². The number of amides is 4. The minimum atomic E-state index is -0.792. The number of hydrogen-bond acceptors (Lipinski definition) is 16. The van der Waals surface area contributed by atoms with Crippen LogP contribution in [-0.4, -0.2) is 165 Å². The molecular formula is C59H82N4O16. The maximum Gasteiger partial charge on any atom is 0.328 e. The molecule has 4 fully saturated rings. The van der Waals surface area contributed by atoms with Gasteiger partial charge in [-0.05, 0) is 91.3 Å². The van der Waals surface area contributed by atoms with Gasteiger partial charge in [0.2, 0.25) is 23.6 Å². The highest BCUT2D eigenvalue weighted by Gasteiger charge is 2.46. The second-order valence-corrected chi connectivity index (χ2v) is 20.8. The smallest absolute Gasteiger partial charge is 0.328 e. The SMILES string of the molecule is COC(=O)[C@@H]1C[C@@H](OCCCO)CN1C(=O)[C@@H](NC(=O)Cc1cc(O)cc(OC)c1)C1CCCCC1.COC(=O)[C@@H]1C[C@@H](OCCCOCc2ccccc2)CN1C(=O)[C@@H](NC(=O)Cc1cc(O)cc(OC)c1)C1CCCCC1. The van der Waals surface area contributed by atoms with Gasteiger partial charge in [0, 0.05) is 64.5 Å². The molecule has 6 atom stereocenters. The number of phenolic OH excluding ortho intramolecular Hbond substituents is 2. The number of benzene rings is 3. The Morgan fingerprint density at radius 1 is 0.570 bits per heavy atom. The number of aliphatic hydroxyl groups is 1. The fourth-order valence-electron chi connectivity index (χ4n) is 11.1. The highest BCUT2D eigenvalue weighted by molar-refractivity contribution is 5.93. The molecule has 0 spiro atoms. The zero-order chi connectivity index (χ0) is 56.7. The summed E-state index contributed by atoms with van der Waals surface area (Å²) in [6, 6.07) is 16.1. The summed E-state index contributed by atoms with van der Waals surface area (Å²) in [5.41, 5.74) is 2.24. The Labute approximate surface area is 463 Å². The van der Waals surface area contributed by atoms with Crippen molar-refractivity contribution in [3.05, 3.63) is 83.4 Å². The third kappa shape index (κ3) is 18.8. The lowest BCUT2D eigenvalue weighted by Gasteiger charge is -2.34. The molecule has 0 unspecified atom stereocenters. The number of likely N-dealkylation sites (tertiary alicyclic amines) is 2. The van der Waals surface area contributed by atoms with Crippen LogP contribution in [0.2, 0.25) is 0 Å². The summed E-state index contributed by atoms with van der Waals surface area (Å²) in [5.74, 6) is -1.53. The Bertz CT molecular complexity index is 2430. The van der Waals surface area contributed by atoms with Crippen LogP contribution in [0.4, 0.5) is 0 Å². The quantitative estimate of drug-likeness (QED) is 0.0531. The van der Waals surface area contributed by atoms with Crippen LogP contribution in [0, 0.1) is 11.8 Å². The van der Waals surface area contributed by atoms with E-state index in [9.17, 15) is 39.0 Å². The molecule has 434 valence electrons. The molecule has 2 aliphatic heterocycles. The van der Waals surface area contributed by atoms with E-state index in [0.717, 1.165) is 69.8 Å². The summed E-state index contributed by atoms with van der Waals surface area (Å²) in [4.78, 5) is 82.5. The summed E-state index contributed by atoms with van der Waals surface area (Å²) < 4.78 is 38.0. The molecule has 2 heterocycles. The zero-order valence-corrected chi connectivity index (χ0v) is 46.3. The number of nitrogens with one attached hydrogen (secondary N) is 2. The molecule has 2 saturated carbocycles. The van der Waals surface area contributed by atoms with Crippen molar-refractivity contribution >= 4 is 35.6 Å². The number of rotatable bonds is 25. The number of aliphatic hydroxyl groups excluding tert-OH is 1. The van der Waals surface area contributed by atoms with E-state index in [4.69, 9.17) is 38.3 Å². The van der Waals surface area contributed by atoms with Crippen molar-refractivity contribution in [3.8, 4) is 23.0 Å². The van der Waals surface area contributed by atoms with E-state index in [1.165, 1.54) is 62.5 Å². The molecule has 0 aromatic heterocycles. The van der Waals surface area contributed by atoms with Gasteiger partial charge in [-0.1, -0.05) is 68.9 Å². The van der Waals surface area contributed by atoms with E-state index in [2.05, 4.69) is 10.6 Å². The summed E-state index contributed by atoms with van der Waals surface area (Å²) in [5, 5.41) is 34.9. The van der Waals surface area contributed by atoms with Crippen molar-refractivity contribution in [2.45, 2.75) is 146 Å². The molecule has 7 rings (SSSR count). The molecule has 79 heavy (non-hydrogen) atoms. The van der Waals surface area contributed by atoms with E-state index in [0.29, 0.717) is 74.7 Å².